The van der Waals surface area contributed by atoms with Gasteiger partial charge in [0.05, 0.1) is 0 Å². The Hall–Kier alpha value is -0.630. The third-order valence-electron chi connectivity index (χ3n) is 2.33. The molecule has 0 bridgehead atoms. The first kappa shape index (κ1) is 8.95. The molecule has 0 radical (unpaired) electrons. The maximum atomic E-state index is 9.07. The number of hydrogen-bond acceptors (Lipinski definition) is 2. The van der Waals surface area contributed by atoms with Crippen molar-refractivity contribution < 1.29 is 5.11 Å². The zero-order valence-corrected chi connectivity index (χ0v) is 8.39. The maximum Gasteiger partial charge on any atom is 0.115 e. The first-order valence-electron chi connectivity index (χ1n) is 4.76. The minimum Gasteiger partial charge on any atom is -0.508 e. The highest BCUT2D eigenvalue weighted by molar-refractivity contribution is 7.99. The second-order valence-electron chi connectivity index (χ2n) is 3.57. The monoisotopic (exact) mass is 194 g/mol. The van der Waals surface area contributed by atoms with Crippen molar-refractivity contribution in [3.05, 3.63) is 24.3 Å². The van der Waals surface area contributed by atoms with Crippen molar-refractivity contribution in [2.24, 2.45) is 5.92 Å². The Labute approximate surface area is 83.2 Å². The molecule has 0 aliphatic heterocycles. The van der Waals surface area contributed by atoms with Gasteiger partial charge >= 0.3 is 0 Å². The van der Waals surface area contributed by atoms with E-state index in [0.29, 0.717) is 5.75 Å². The van der Waals surface area contributed by atoms with Crippen LogP contribution in [0.25, 0.3) is 0 Å². The van der Waals surface area contributed by atoms with E-state index in [9.17, 15) is 0 Å². The van der Waals surface area contributed by atoms with E-state index in [1.54, 1.807) is 12.1 Å². The number of aromatic hydroxyl groups is 1. The molecule has 1 nitrogen and oxygen atoms in total. The zero-order chi connectivity index (χ0) is 9.10. The summed E-state index contributed by atoms with van der Waals surface area (Å²) in [7, 11) is 0. The molecular weight excluding hydrogens is 180 g/mol. The van der Waals surface area contributed by atoms with Gasteiger partial charge in [-0.25, -0.2) is 0 Å². The number of phenols is 1. The van der Waals surface area contributed by atoms with Gasteiger partial charge < -0.3 is 5.11 Å². The van der Waals surface area contributed by atoms with Crippen molar-refractivity contribution >= 4 is 11.8 Å². The van der Waals surface area contributed by atoms with E-state index in [1.807, 2.05) is 23.9 Å². The summed E-state index contributed by atoms with van der Waals surface area (Å²) in [5.41, 5.74) is 0. The van der Waals surface area contributed by atoms with Crippen LogP contribution < -0.4 is 0 Å². The van der Waals surface area contributed by atoms with Gasteiger partial charge in [-0.05, 0) is 42.4 Å². The second-order valence-corrected chi connectivity index (χ2v) is 4.74. The van der Waals surface area contributed by atoms with Crippen LogP contribution in [0.3, 0.4) is 0 Å². The fourth-order valence-corrected chi connectivity index (χ4v) is 2.31. The van der Waals surface area contributed by atoms with Crippen LogP contribution in [-0.4, -0.2) is 10.9 Å². The Kier molecular flexibility index (Phi) is 2.79. The molecule has 1 fully saturated rings. The Morgan fingerprint density at radius 3 is 2.54 bits per heavy atom. The van der Waals surface area contributed by atoms with E-state index in [1.165, 1.54) is 29.9 Å². The number of phenolic OH excluding ortho intramolecular Hbond substituents is 1. The van der Waals surface area contributed by atoms with Gasteiger partial charge in [-0.1, -0.05) is 12.8 Å². The standard InChI is InChI=1S/C11H14OS/c12-10-3-5-11(6-4-10)13-8-7-9-1-2-9/h3-6,9,12H,1-2,7-8H2. The third-order valence-corrected chi connectivity index (χ3v) is 3.37. The molecule has 2 heteroatoms. The van der Waals surface area contributed by atoms with Gasteiger partial charge in [-0.2, -0.15) is 0 Å². The van der Waals surface area contributed by atoms with E-state index in [0.717, 1.165) is 5.92 Å². The molecule has 0 saturated heterocycles. The molecule has 2 rings (SSSR count). The lowest BCUT2D eigenvalue weighted by atomic mass is 10.3. The molecule has 0 amide bonds. The van der Waals surface area contributed by atoms with Crippen LogP contribution in [0.1, 0.15) is 19.3 Å². The highest BCUT2D eigenvalue weighted by atomic mass is 32.2. The summed E-state index contributed by atoms with van der Waals surface area (Å²) < 4.78 is 0. The summed E-state index contributed by atoms with van der Waals surface area (Å²) in [4.78, 5) is 1.26. The second kappa shape index (κ2) is 4.05. The first-order valence-corrected chi connectivity index (χ1v) is 5.75. The summed E-state index contributed by atoms with van der Waals surface area (Å²) >= 11 is 1.89. The Bertz CT molecular complexity index is 264. The minimum absolute atomic E-state index is 0.353. The average Bonchev–Trinajstić information content (AvgIpc) is 2.92. The SMILES string of the molecule is Oc1ccc(SCCC2CC2)cc1. The molecule has 0 spiro atoms. The van der Waals surface area contributed by atoms with Crippen LogP contribution >= 0.6 is 11.8 Å². The van der Waals surface area contributed by atoms with E-state index >= 15 is 0 Å². The lowest BCUT2D eigenvalue weighted by Gasteiger charge is -2.00. The predicted molar refractivity (Wildman–Crippen MR) is 56.2 cm³/mol. The number of thioether (sulfide) groups is 1. The van der Waals surface area contributed by atoms with Crippen molar-refractivity contribution in [1.29, 1.82) is 0 Å². The van der Waals surface area contributed by atoms with Gasteiger partial charge in [-0.15, -0.1) is 11.8 Å². The van der Waals surface area contributed by atoms with Crippen LogP contribution in [0.15, 0.2) is 29.2 Å². The maximum absolute atomic E-state index is 9.07. The molecular formula is C11H14OS. The smallest absolute Gasteiger partial charge is 0.115 e. The van der Waals surface area contributed by atoms with E-state index in [-0.39, 0.29) is 0 Å². The van der Waals surface area contributed by atoms with Gasteiger partial charge in [0.15, 0.2) is 0 Å². The summed E-state index contributed by atoms with van der Waals surface area (Å²) in [5.74, 6) is 2.59. The van der Waals surface area contributed by atoms with Gasteiger partial charge in [0.1, 0.15) is 5.75 Å². The molecule has 1 aromatic rings. The predicted octanol–water partition coefficient (Wildman–Crippen LogP) is 3.28. The Morgan fingerprint density at radius 2 is 1.92 bits per heavy atom. The fraction of sp³-hybridized carbons (Fsp3) is 0.455. The van der Waals surface area contributed by atoms with Gasteiger partial charge in [0.25, 0.3) is 0 Å². The van der Waals surface area contributed by atoms with Crippen molar-refractivity contribution in [2.75, 3.05) is 5.75 Å². The number of hydrogen-bond donors (Lipinski definition) is 1. The molecule has 0 aromatic heterocycles. The molecule has 0 heterocycles. The van der Waals surface area contributed by atoms with Crippen molar-refractivity contribution in [3.63, 3.8) is 0 Å². The highest BCUT2D eigenvalue weighted by Crippen LogP contribution is 2.34. The van der Waals surface area contributed by atoms with Gasteiger partial charge in [0, 0.05) is 4.90 Å². The fourth-order valence-electron chi connectivity index (χ4n) is 1.29. The molecule has 1 aliphatic carbocycles. The van der Waals surface area contributed by atoms with Crippen LogP contribution in [0.2, 0.25) is 0 Å². The molecule has 1 aromatic carbocycles. The zero-order valence-electron chi connectivity index (χ0n) is 7.57. The summed E-state index contributed by atoms with van der Waals surface area (Å²) in [6.07, 6.45) is 4.23. The van der Waals surface area contributed by atoms with Crippen molar-refractivity contribution in [2.45, 2.75) is 24.2 Å². The normalized spacial score (nSPS) is 16.0. The Morgan fingerprint density at radius 1 is 1.23 bits per heavy atom. The third kappa shape index (κ3) is 2.96. The molecule has 70 valence electrons. The van der Waals surface area contributed by atoms with E-state index in [2.05, 4.69) is 0 Å². The highest BCUT2D eigenvalue weighted by Gasteiger charge is 2.20. The van der Waals surface area contributed by atoms with Crippen LogP contribution in [0, 0.1) is 5.92 Å². The lowest BCUT2D eigenvalue weighted by molar-refractivity contribution is 0.475. The molecule has 0 unspecified atom stereocenters. The quantitative estimate of drug-likeness (QED) is 0.742. The first-order chi connectivity index (χ1) is 6.34. The number of benzene rings is 1. The van der Waals surface area contributed by atoms with E-state index < -0.39 is 0 Å². The van der Waals surface area contributed by atoms with Crippen molar-refractivity contribution in [3.8, 4) is 5.75 Å². The van der Waals surface area contributed by atoms with Crippen LogP contribution in [0.4, 0.5) is 0 Å². The summed E-state index contributed by atoms with van der Waals surface area (Å²) in [6, 6.07) is 7.46. The minimum atomic E-state index is 0.353. The summed E-state index contributed by atoms with van der Waals surface area (Å²) in [5, 5.41) is 9.07. The van der Waals surface area contributed by atoms with Gasteiger partial charge in [0.2, 0.25) is 0 Å². The number of rotatable bonds is 4. The van der Waals surface area contributed by atoms with E-state index in [4.69, 9.17) is 5.11 Å². The largest absolute Gasteiger partial charge is 0.508 e. The molecule has 1 aliphatic rings. The molecule has 1 saturated carbocycles. The molecule has 1 N–H and O–H groups in total. The molecule has 13 heavy (non-hydrogen) atoms. The molecule has 0 atom stereocenters. The van der Waals surface area contributed by atoms with Crippen LogP contribution in [-0.2, 0) is 0 Å². The average molecular weight is 194 g/mol. The van der Waals surface area contributed by atoms with Crippen molar-refractivity contribution in [1.82, 2.24) is 0 Å². The topological polar surface area (TPSA) is 20.2 Å². The Balaban J connectivity index is 1.76. The van der Waals surface area contributed by atoms with Crippen LogP contribution in [0.5, 0.6) is 5.75 Å². The summed E-state index contributed by atoms with van der Waals surface area (Å²) in [6.45, 7) is 0. The lowest BCUT2D eigenvalue weighted by Crippen LogP contribution is -1.81. The van der Waals surface area contributed by atoms with Gasteiger partial charge in [-0.3, -0.25) is 0 Å².